The van der Waals surface area contributed by atoms with E-state index in [4.69, 9.17) is 0 Å². The molecule has 3 nitrogen and oxygen atoms in total. The number of anilines is 1. The van der Waals surface area contributed by atoms with E-state index in [2.05, 4.69) is 41.0 Å². The van der Waals surface area contributed by atoms with Gasteiger partial charge in [-0.25, -0.2) is 4.79 Å². The Kier molecular flexibility index (Phi) is 3.12. The molecule has 0 fully saturated rings. The average molecular weight is 300 g/mol. The van der Waals surface area contributed by atoms with Crippen LogP contribution < -0.4 is 10.6 Å². The third kappa shape index (κ3) is 2.09. The molecule has 112 valence electrons. The lowest BCUT2D eigenvalue weighted by molar-refractivity contribution is 0.244. The van der Waals surface area contributed by atoms with E-state index in [0.717, 1.165) is 22.4 Å². The number of hydrogen-bond acceptors (Lipinski definition) is 1. The van der Waals surface area contributed by atoms with Gasteiger partial charge in [0.25, 0.3) is 0 Å². The van der Waals surface area contributed by atoms with E-state index >= 15 is 0 Å². The number of urea groups is 1. The Labute approximate surface area is 135 Å². The van der Waals surface area contributed by atoms with Crippen molar-refractivity contribution in [2.75, 3.05) is 5.32 Å². The van der Waals surface area contributed by atoms with E-state index < -0.39 is 5.54 Å². The first kappa shape index (κ1) is 13.6. The molecule has 0 aromatic heterocycles. The van der Waals surface area contributed by atoms with Crippen LogP contribution >= 0.6 is 0 Å². The number of para-hydroxylation sites is 1. The number of hydrogen-bond donors (Lipinski definition) is 2. The highest BCUT2D eigenvalue weighted by Crippen LogP contribution is 2.42. The minimum Gasteiger partial charge on any atom is -0.320 e. The highest BCUT2D eigenvalue weighted by molar-refractivity contribution is 5.95. The molecule has 1 aliphatic heterocycles. The summed E-state index contributed by atoms with van der Waals surface area (Å²) in [5.41, 5.74) is 3.25. The van der Waals surface area contributed by atoms with E-state index in [0.29, 0.717) is 0 Å². The zero-order chi connectivity index (χ0) is 15.7. The molecule has 0 saturated carbocycles. The minimum absolute atomic E-state index is 0.198. The number of amides is 2. The first-order chi connectivity index (χ1) is 11.3. The Hall–Kier alpha value is -3.07. The molecule has 0 atom stereocenters. The van der Waals surface area contributed by atoms with Gasteiger partial charge < -0.3 is 10.6 Å². The highest BCUT2D eigenvalue weighted by Gasteiger charge is 2.42. The smallest absolute Gasteiger partial charge is 0.320 e. The predicted octanol–water partition coefficient (Wildman–Crippen LogP) is 4.11. The zero-order valence-corrected chi connectivity index (χ0v) is 12.5. The fraction of sp³-hybridized carbons (Fsp3) is 0.0500. The Morgan fingerprint density at radius 2 is 1.17 bits per heavy atom. The summed E-state index contributed by atoms with van der Waals surface area (Å²) in [5.74, 6) is 0. The third-order valence-electron chi connectivity index (χ3n) is 4.29. The van der Waals surface area contributed by atoms with Crippen LogP contribution in [0.3, 0.4) is 0 Å². The van der Waals surface area contributed by atoms with Crippen molar-refractivity contribution in [3.63, 3.8) is 0 Å². The second kappa shape index (κ2) is 5.29. The first-order valence-corrected chi connectivity index (χ1v) is 7.60. The maximum absolute atomic E-state index is 12.4. The summed E-state index contributed by atoms with van der Waals surface area (Å²) in [5, 5.41) is 6.07. The fourth-order valence-electron chi connectivity index (χ4n) is 3.31. The number of fused-ring (bicyclic) bond motifs is 1. The fourth-order valence-corrected chi connectivity index (χ4v) is 3.31. The van der Waals surface area contributed by atoms with Crippen molar-refractivity contribution in [2.24, 2.45) is 0 Å². The van der Waals surface area contributed by atoms with Crippen molar-refractivity contribution in [3.8, 4) is 0 Å². The Morgan fingerprint density at radius 1 is 0.652 bits per heavy atom. The van der Waals surface area contributed by atoms with E-state index in [1.165, 1.54) is 0 Å². The van der Waals surface area contributed by atoms with E-state index in [1.54, 1.807) is 0 Å². The normalized spacial score (nSPS) is 15.2. The molecule has 0 bridgehead atoms. The molecular weight excluding hydrogens is 284 g/mol. The van der Waals surface area contributed by atoms with E-state index in [9.17, 15) is 4.79 Å². The van der Waals surface area contributed by atoms with Crippen LogP contribution in [-0.2, 0) is 5.54 Å². The molecule has 3 aromatic rings. The standard InChI is InChI=1S/C20H16N2O/c23-19-21-18-14-8-7-13-17(18)20(22-19,15-9-3-1-4-10-15)16-11-5-2-6-12-16/h1-14H,(H2,21,22,23). The summed E-state index contributed by atoms with van der Waals surface area (Å²) in [6, 6.07) is 27.9. The zero-order valence-electron chi connectivity index (χ0n) is 12.5. The van der Waals surface area contributed by atoms with Gasteiger partial charge in [0.2, 0.25) is 0 Å². The first-order valence-electron chi connectivity index (χ1n) is 7.60. The van der Waals surface area contributed by atoms with Gasteiger partial charge in [-0.2, -0.15) is 0 Å². The Bertz CT molecular complexity index is 804. The number of carbonyl (C=O) groups excluding carboxylic acids is 1. The molecule has 1 aliphatic rings. The number of benzene rings is 3. The molecule has 0 saturated heterocycles. The van der Waals surface area contributed by atoms with Crippen molar-refractivity contribution in [2.45, 2.75) is 5.54 Å². The molecule has 0 radical (unpaired) electrons. The third-order valence-corrected chi connectivity index (χ3v) is 4.29. The summed E-state index contributed by atoms with van der Waals surface area (Å²) in [7, 11) is 0. The van der Waals surface area contributed by atoms with Crippen LogP contribution in [0.5, 0.6) is 0 Å². The molecule has 2 amide bonds. The van der Waals surface area contributed by atoms with Crippen LogP contribution in [0.4, 0.5) is 10.5 Å². The molecule has 1 heterocycles. The lowest BCUT2D eigenvalue weighted by atomic mass is 9.75. The Balaban J connectivity index is 2.07. The van der Waals surface area contributed by atoms with Gasteiger partial charge in [0, 0.05) is 11.3 Å². The second-order valence-corrected chi connectivity index (χ2v) is 5.61. The van der Waals surface area contributed by atoms with E-state index in [-0.39, 0.29) is 6.03 Å². The molecular formula is C20H16N2O. The van der Waals surface area contributed by atoms with Crippen LogP contribution in [0.1, 0.15) is 16.7 Å². The highest BCUT2D eigenvalue weighted by atomic mass is 16.2. The van der Waals surface area contributed by atoms with Crippen LogP contribution in [0.15, 0.2) is 84.9 Å². The van der Waals surface area contributed by atoms with Gasteiger partial charge >= 0.3 is 6.03 Å². The van der Waals surface area contributed by atoms with Crippen LogP contribution in [0, 0.1) is 0 Å². The van der Waals surface area contributed by atoms with Crippen molar-refractivity contribution in [1.82, 2.24) is 5.32 Å². The SMILES string of the molecule is O=C1Nc2ccccc2C(c2ccccc2)(c2ccccc2)N1. The summed E-state index contributed by atoms with van der Waals surface area (Å²) in [4.78, 5) is 12.4. The number of nitrogens with one attached hydrogen (secondary N) is 2. The van der Waals surface area contributed by atoms with Gasteiger partial charge in [0.1, 0.15) is 5.54 Å². The van der Waals surface area contributed by atoms with Gasteiger partial charge in [-0.1, -0.05) is 78.9 Å². The van der Waals surface area contributed by atoms with Crippen molar-refractivity contribution in [1.29, 1.82) is 0 Å². The van der Waals surface area contributed by atoms with Crippen LogP contribution in [0.2, 0.25) is 0 Å². The molecule has 0 spiro atoms. The molecule has 3 heteroatoms. The summed E-state index contributed by atoms with van der Waals surface area (Å²) in [6.07, 6.45) is 0. The van der Waals surface area contributed by atoms with Crippen LogP contribution in [0.25, 0.3) is 0 Å². The molecule has 23 heavy (non-hydrogen) atoms. The van der Waals surface area contributed by atoms with Gasteiger partial charge in [0.15, 0.2) is 0 Å². The molecule has 0 unspecified atom stereocenters. The topological polar surface area (TPSA) is 41.1 Å². The number of carbonyl (C=O) groups is 1. The monoisotopic (exact) mass is 300 g/mol. The van der Waals surface area contributed by atoms with Crippen molar-refractivity contribution in [3.05, 3.63) is 102 Å². The van der Waals surface area contributed by atoms with Gasteiger partial charge in [0.05, 0.1) is 0 Å². The lowest BCUT2D eigenvalue weighted by Crippen LogP contribution is -2.53. The largest absolute Gasteiger partial charge is 0.320 e. The van der Waals surface area contributed by atoms with Crippen LogP contribution in [-0.4, -0.2) is 6.03 Å². The minimum atomic E-state index is -0.693. The number of rotatable bonds is 2. The van der Waals surface area contributed by atoms with Crippen molar-refractivity contribution >= 4 is 11.7 Å². The summed E-state index contributed by atoms with van der Waals surface area (Å²) >= 11 is 0. The van der Waals surface area contributed by atoms with Gasteiger partial charge in [-0.05, 0) is 17.2 Å². The molecule has 0 aliphatic carbocycles. The summed E-state index contributed by atoms with van der Waals surface area (Å²) in [6.45, 7) is 0. The quantitative estimate of drug-likeness (QED) is 0.734. The maximum atomic E-state index is 12.4. The predicted molar refractivity (Wildman–Crippen MR) is 91.4 cm³/mol. The average Bonchev–Trinajstić information content (AvgIpc) is 2.62. The van der Waals surface area contributed by atoms with Gasteiger partial charge in [-0.3, -0.25) is 0 Å². The van der Waals surface area contributed by atoms with Gasteiger partial charge in [-0.15, -0.1) is 0 Å². The van der Waals surface area contributed by atoms with Crippen molar-refractivity contribution < 1.29 is 4.79 Å². The second-order valence-electron chi connectivity index (χ2n) is 5.61. The maximum Gasteiger partial charge on any atom is 0.320 e. The lowest BCUT2D eigenvalue weighted by Gasteiger charge is -2.41. The van der Waals surface area contributed by atoms with E-state index in [1.807, 2.05) is 54.6 Å². The molecule has 3 aromatic carbocycles. The Morgan fingerprint density at radius 3 is 1.78 bits per heavy atom. The summed E-state index contributed by atoms with van der Waals surface area (Å²) < 4.78 is 0. The molecule has 2 N–H and O–H groups in total. The molecule has 4 rings (SSSR count).